The summed E-state index contributed by atoms with van der Waals surface area (Å²) >= 11 is 3.29. The Morgan fingerprint density at radius 2 is 1.91 bits per heavy atom. The Bertz CT molecular complexity index is 1370. The number of aliphatic hydroxyl groups is 1. The Morgan fingerprint density at radius 3 is 2.53 bits per heavy atom. The van der Waals surface area contributed by atoms with Gasteiger partial charge in [-0.1, -0.05) is 12.1 Å². The van der Waals surface area contributed by atoms with Gasteiger partial charge in [0.2, 0.25) is 0 Å². The summed E-state index contributed by atoms with van der Waals surface area (Å²) in [5.41, 5.74) is -5.21. The molecule has 0 radical (unpaired) electrons. The number of halogens is 5. The molecule has 0 spiro atoms. The van der Waals surface area contributed by atoms with Crippen molar-refractivity contribution in [3.8, 4) is 0 Å². The van der Waals surface area contributed by atoms with Crippen LogP contribution in [-0.4, -0.2) is 30.9 Å². The number of nitrogens with zero attached hydrogens (tertiary/aromatic N) is 3. The van der Waals surface area contributed by atoms with Gasteiger partial charge >= 0.3 is 5.92 Å². The molecule has 3 aliphatic rings. The van der Waals surface area contributed by atoms with Crippen LogP contribution in [0, 0.1) is 5.82 Å². The second kappa shape index (κ2) is 7.24. The molecule has 180 valence electrons. The van der Waals surface area contributed by atoms with Gasteiger partial charge in [0.1, 0.15) is 33.7 Å². The smallest absolute Gasteiger partial charge is 0.303 e. The van der Waals surface area contributed by atoms with Crippen molar-refractivity contribution in [1.29, 1.82) is 0 Å². The maximum atomic E-state index is 15.0. The predicted molar refractivity (Wildman–Crippen MR) is 121 cm³/mol. The van der Waals surface area contributed by atoms with E-state index in [0.29, 0.717) is 10.9 Å². The SMILES string of the molecule is CC(C)(O)C(F)(F)c1cccc(CNc2ncnc3c(Br)c(=O)n(C45CC(F)(C4)C5)cc23)c1F. The average Bonchev–Trinajstić information content (AvgIpc) is 2.72. The van der Waals surface area contributed by atoms with Crippen LogP contribution in [0.1, 0.15) is 44.2 Å². The van der Waals surface area contributed by atoms with Crippen molar-refractivity contribution in [1.82, 2.24) is 14.5 Å². The van der Waals surface area contributed by atoms with Crippen LogP contribution >= 0.6 is 15.9 Å². The number of hydrogen-bond acceptors (Lipinski definition) is 5. The van der Waals surface area contributed by atoms with Gasteiger partial charge in [-0.3, -0.25) is 4.79 Å². The molecule has 2 bridgehead atoms. The highest BCUT2D eigenvalue weighted by Gasteiger charge is 2.70. The van der Waals surface area contributed by atoms with Crippen LogP contribution in [0.2, 0.25) is 0 Å². The topological polar surface area (TPSA) is 80.0 Å². The van der Waals surface area contributed by atoms with Crippen molar-refractivity contribution in [2.45, 2.75) is 62.4 Å². The lowest BCUT2D eigenvalue weighted by atomic mass is 9.47. The molecule has 3 saturated carbocycles. The third-order valence-electron chi connectivity index (χ3n) is 6.84. The summed E-state index contributed by atoms with van der Waals surface area (Å²) in [7, 11) is 0. The van der Waals surface area contributed by atoms with Gasteiger partial charge in [0.25, 0.3) is 5.56 Å². The highest BCUT2D eigenvalue weighted by molar-refractivity contribution is 9.10. The van der Waals surface area contributed by atoms with E-state index in [9.17, 15) is 27.5 Å². The number of alkyl halides is 3. The van der Waals surface area contributed by atoms with Gasteiger partial charge < -0.3 is 15.0 Å². The van der Waals surface area contributed by atoms with E-state index in [1.54, 1.807) is 6.20 Å². The highest BCUT2D eigenvalue weighted by atomic mass is 79.9. The Balaban J connectivity index is 1.50. The van der Waals surface area contributed by atoms with E-state index in [0.717, 1.165) is 19.9 Å². The number of benzene rings is 1. The first-order valence-corrected chi connectivity index (χ1v) is 11.4. The van der Waals surface area contributed by atoms with Gasteiger partial charge in [-0.15, -0.1) is 0 Å². The quantitative estimate of drug-likeness (QED) is 0.440. The fourth-order valence-corrected chi connectivity index (χ4v) is 5.42. The zero-order valence-corrected chi connectivity index (χ0v) is 19.9. The average molecular weight is 541 g/mol. The van der Waals surface area contributed by atoms with Gasteiger partial charge in [0.15, 0.2) is 0 Å². The Morgan fingerprint density at radius 1 is 1.24 bits per heavy atom. The van der Waals surface area contributed by atoms with E-state index in [4.69, 9.17) is 0 Å². The lowest BCUT2D eigenvalue weighted by Gasteiger charge is -2.66. The molecule has 3 fully saturated rings. The molecule has 3 aliphatic carbocycles. The molecule has 34 heavy (non-hydrogen) atoms. The maximum Gasteiger partial charge on any atom is 0.303 e. The lowest BCUT2D eigenvalue weighted by molar-refractivity contribution is -0.199. The van der Waals surface area contributed by atoms with Crippen LogP contribution in [0.5, 0.6) is 0 Å². The van der Waals surface area contributed by atoms with E-state index in [-0.39, 0.29) is 47.2 Å². The van der Waals surface area contributed by atoms with Crippen molar-refractivity contribution >= 4 is 32.7 Å². The van der Waals surface area contributed by atoms with Gasteiger partial charge in [0, 0.05) is 37.6 Å². The number of aromatic nitrogens is 3. The molecule has 1 aromatic carbocycles. The monoisotopic (exact) mass is 540 g/mol. The van der Waals surface area contributed by atoms with E-state index in [1.165, 1.54) is 23.0 Å². The van der Waals surface area contributed by atoms with Gasteiger partial charge in [-0.05, 0) is 35.8 Å². The van der Waals surface area contributed by atoms with Crippen molar-refractivity contribution < 1.29 is 22.7 Å². The van der Waals surface area contributed by atoms with E-state index < -0.39 is 34.1 Å². The minimum absolute atomic E-state index is 0.0561. The van der Waals surface area contributed by atoms with Gasteiger partial charge in [-0.25, -0.2) is 18.7 Å². The van der Waals surface area contributed by atoms with Crippen LogP contribution in [0.3, 0.4) is 0 Å². The summed E-state index contributed by atoms with van der Waals surface area (Å²) in [5.74, 6) is -4.69. The summed E-state index contributed by atoms with van der Waals surface area (Å²) < 4.78 is 60.0. The summed E-state index contributed by atoms with van der Waals surface area (Å²) in [6.45, 7) is 1.64. The van der Waals surface area contributed by atoms with Crippen LogP contribution in [-0.2, 0) is 18.0 Å². The molecule has 2 N–H and O–H groups in total. The Kier molecular flexibility index (Phi) is 4.94. The fourth-order valence-electron chi connectivity index (χ4n) is 4.92. The minimum atomic E-state index is -3.81. The molecule has 2 heterocycles. The zero-order valence-electron chi connectivity index (χ0n) is 18.3. The maximum absolute atomic E-state index is 15.0. The van der Waals surface area contributed by atoms with Gasteiger partial charge in [-0.2, -0.15) is 8.78 Å². The second-order valence-corrected chi connectivity index (χ2v) is 10.6. The molecule has 6 nitrogen and oxygen atoms in total. The largest absolute Gasteiger partial charge is 0.384 e. The third kappa shape index (κ3) is 3.27. The Labute approximate surface area is 200 Å². The molecule has 3 aromatic rings. The zero-order chi connectivity index (χ0) is 24.7. The normalized spacial score (nSPS) is 24.0. The summed E-state index contributed by atoms with van der Waals surface area (Å²) in [4.78, 5) is 21.2. The number of pyridine rings is 1. The lowest BCUT2D eigenvalue weighted by Crippen LogP contribution is -2.71. The predicted octanol–water partition coefficient (Wildman–Crippen LogP) is 4.77. The van der Waals surface area contributed by atoms with E-state index in [2.05, 4.69) is 31.2 Å². The van der Waals surface area contributed by atoms with Crippen molar-refractivity contribution in [2.24, 2.45) is 0 Å². The van der Waals surface area contributed by atoms with Crippen molar-refractivity contribution in [2.75, 3.05) is 5.32 Å². The van der Waals surface area contributed by atoms with Crippen molar-refractivity contribution in [3.05, 3.63) is 62.5 Å². The van der Waals surface area contributed by atoms with Crippen LogP contribution < -0.4 is 10.9 Å². The molecule has 11 heteroatoms. The number of rotatable bonds is 6. The van der Waals surface area contributed by atoms with Crippen LogP contribution in [0.15, 0.2) is 40.0 Å². The molecular formula is C23H21BrF4N4O2. The third-order valence-corrected chi connectivity index (χ3v) is 7.55. The number of anilines is 1. The first-order valence-electron chi connectivity index (χ1n) is 10.7. The second-order valence-electron chi connectivity index (χ2n) is 9.77. The standard InChI is InChI=1S/C23H21BrF4N4O2/c1-20(2,34)23(27,28)14-5-3-4-12(16(14)25)6-29-18-13-7-32(22-8-21(26,9-22)10-22)19(33)15(24)17(13)30-11-31-18/h3-5,7,11,34H,6,8-10H2,1-2H3,(H,29,30,31). The van der Waals surface area contributed by atoms with E-state index >= 15 is 0 Å². The molecule has 0 unspecified atom stereocenters. The van der Waals surface area contributed by atoms with Crippen molar-refractivity contribution in [3.63, 3.8) is 0 Å². The first kappa shape index (κ1) is 23.2. The summed E-state index contributed by atoms with van der Waals surface area (Å²) in [6.07, 6.45) is 3.59. The molecule has 2 aromatic heterocycles. The van der Waals surface area contributed by atoms with Gasteiger partial charge in [0.05, 0.1) is 22.0 Å². The van der Waals surface area contributed by atoms with Crippen LogP contribution in [0.4, 0.5) is 23.4 Å². The molecular weight excluding hydrogens is 520 g/mol. The molecule has 6 rings (SSSR count). The molecule has 0 amide bonds. The Hall–Kier alpha value is -2.53. The fraction of sp³-hybridized carbons (Fsp3) is 0.435. The number of nitrogens with one attached hydrogen (secondary N) is 1. The molecule has 0 saturated heterocycles. The summed E-state index contributed by atoms with van der Waals surface area (Å²) in [6, 6.07) is 3.58. The highest BCUT2D eigenvalue weighted by Crippen LogP contribution is 2.67. The number of fused-ring (bicyclic) bond motifs is 1. The molecule has 0 atom stereocenters. The number of hydrogen-bond donors (Lipinski definition) is 2. The molecule has 0 aliphatic heterocycles. The summed E-state index contributed by atoms with van der Waals surface area (Å²) in [5, 5.41) is 13.2. The minimum Gasteiger partial charge on any atom is -0.384 e. The van der Waals surface area contributed by atoms with Crippen LogP contribution in [0.25, 0.3) is 10.9 Å². The van der Waals surface area contributed by atoms with E-state index in [1.807, 2.05) is 0 Å². The first-order chi connectivity index (χ1) is 15.8.